The molecule has 0 radical (unpaired) electrons. The third kappa shape index (κ3) is 5.03. The maximum absolute atomic E-state index is 12.3. The van der Waals surface area contributed by atoms with E-state index in [4.69, 9.17) is 4.74 Å². The Kier molecular flexibility index (Phi) is 6.05. The van der Waals surface area contributed by atoms with E-state index in [0.29, 0.717) is 22.3 Å². The van der Waals surface area contributed by atoms with Gasteiger partial charge in [0.1, 0.15) is 22.9 Å². The molecule has 0 aliphatic heterocycles. The Hall–Kier alpha value is -3.65. The van der Waals surface area contributed by atoms with Gasteiger partial charge in [-0.3, -0.25) is 4.79 Å². The highest BCUT2D eigenvalue weighted by Crippen LogP contribution is 2.23. The van der Waals surface area contributed by atoms with Crippen molar-refractivity contribution < 1.29 is 9.53 Å². The maximum Gasteiger partial charge on any atom is 0.234 e. The molecule has 0 saturated carbocycles. The summed E-state index contributed by atoms with van der Waals surface area (Å²) in [5.74, 6) is 2.25. The van der Waals surface area contributed by atoms with Gasteiger partial charge in [-0.05, 0) is 49.4 Å². The fourth-order valence-electron chi connectivity index (χ4n) is 2.70. The van der Waals surface area contributed by atoms with Gasteiger partial charge in [0, 0.05) is 23.6 Å². The number of para-hydroxylation sites is 1. The largest absolute Gasteiger partial charge is 0.457 e. The van der Waals surface area contributed by atoms with Crippen LogP contribution in [0.5, 0.6) is 11.5 Å². The van der Waals surface area contributed by atoms with Crippen molar-refractivity contribution in [2.45, 2.75) is 11.9 Å². The molecule has 0 unspecified atom stereocenters. The van der Waals surface area contributed by atoms with Crippen LogP contribution in [0.4, 0.5) is 5.69 Å². The summed E-state index contributed by atoms with van der Waals surface area (Å²) in [4.78, 5) is 20.8. The van der Waals surface area contributed by atoms with E-state index in [1.807, 2.05) is 73.7 Å². The third-order valence-corrected chi connectivity index (χ3v) is 5.07. The number of nitrogens with zero attached hydrogens (tertiary/aromatic N) is 4. The Morgan fingerprint density at radius 1 is 1.03 bits per heavy atom. The topological polar surface area (TPSA) is 81.9 Å². The quantitative estimate of drug-likeness (QED) is 0.352. The van der Waals surface area contributed by atoms with E-state index in [1.54, 1.807) is 10.9 Å². The lowest BCUT2D eigenvalue weighted by molar-refractivity contribution is -0.113. The molecule has 1 amide bonds. The zero-order valence-corrected chi connectivity index (χ0v) is 17.0. The van der Waals surface area contributed by atoms with Crippen LogP contribution in [0.2, 0.25) is 0 Å². The SMILES string of the molecule is Cc1ccnn1-c1cc(SCC(=O)Nc2ccc(Oc3ccccc3)cc2)ncn1. The first-order valence-electron chi connectivity index (χ1n) is 9.26. The number of anilines is 1. The molecule has 4 rings (SSSR count). The summed E-state index contributed by atoms with van der Waals surface area (Å²) in [6, 6.07) is 20.5. The zero-order valence-electron chi connectivity index (χ0n) is 16.2. The standard InChI is InChI=1S/C22H19N5O2S/c1-16-11-12-25-27(16)20-13-22(24-15-23-20)30-14-21(28)26-17-7-9-19(10-8-17)29-18-5-3-2-4-6-18/h2-13,15H,14H2,1H3,(H,26,28). The lowest BCUT2D eigenvalue weighted by atomic mass is 10.3. The van der Waals surface area contributed by atoms with Gasteiger partial charge in [0.15, 0.2) is 5.82 Å². The summed E-state index contributed by atoms with van der Waals surface area (Å²) in [5, 5.41) is 7.82. The maximum atomic E-state index is 12.3. The van der Waals surface area contributed by atoms with Gasteiger partial charge < -0.3 is 10.1 Å². The van der Waals surface area contributed by atoms with Crippen LogP contribution in [0.3, 0.4) is 0 Å². The van der Waals surface area contributed by atoms with E-state index in [1.165, 1.54) is 18.1 Å². The highest BCUT2D eigenvalue weighted by molar-refractivity contribution is 7.99. The molecule has 0 bridgehead atoms. The van der Waals surface area contributed by atoms with Gasteiger partial charge in [-0.1, -0.05) is 30.0 Å². The number of hydrogen-bond donors (Lipinski definition) is 1. The van der Waals surface area contributed by atoms with Crippen molar-refractivity contribution in [1.29, 1.82) is 0 Å². The second-order valence-electron chi connectivity index (χ2n) is 6.38. The van der Waals surface area contributed by atoms with Gasteiger partial charge in [-0.15, -0.1) is 0 Å². The van der Waals surface area contributed by atoms with Crippen molar-refractivity contribution in [3.63, 3.8) is 0 Å². The number of carbonyl (C=O) groups is 1. The Bertz CT molecular complexity index is 1130. The molecule has 7 nitrogen and oxygen atoms in total. The fraction of sp³-hybridized carbons (Fsp3) is 0.0909. The summed E-state index contributed by atoms with van der Waals surface area (Å²) < 4.78 is 7.48. The average Bonchev–Trinajstić information content (AvgIpc) is 3.21. The number of benzene rings is 2. The summed E-state index contributed by atoms with van der Waals surface area (Å²) in [7, 11) is 0. The number of thioether (sulfide) groups is 1. The van der Waals surface area contributed by atoms with Crippen molar-refractivity contribution in [1.82, 2.24) is 19.7 Å². The zero-order chi connectivity index (χ0) is 20.8. The molecule has 4 aromatic rings. The molecule has 0 aliphatic rings. The van der Waals surface area contributed by atoms with Gasteiger partial charge in [0.05, 0.1) is 5.75 Å². The predicted octanol–water partition coefficient (Wildman–Crippen LogP) is 4.49. The minimum atomic E-state index is -0.118. The second-order valence-corrected chi connectivity index (χ2v) is 7.37. The number of aromatic nitrogens is 4. The summed E-state index contributed by atoms with van der Waals surface area (Å²) in [5.41, 5.74) is 1.68. The van der Waals surface area contributed by atoms with E-state index < -0.39 is 0 Å². The molecular weight excluding hydrogens is 398 g/mol. The van der Waals surface area contributed by atoms with Crippen molar-refractivity contribution in [2.24, 2.45) is 0 Å². The second kappa shape index (κ2) is 9.23. The normalized spacial score (nSPS) is 10.6. The summed E-state index contributed by atoms with van der Waals surface area (Å²) >= 11 is 1.34. The van der Waals surface area contributed by atoms with Crippen LogP contribution < -0.4 is 10.1 Å². The van der Waals surface area contributed by atoms with Crippen molar-refractivity contribution in [3.8, 4) is 17.3 Å². The number of amides is 1. The molecule has 0 fully saturated rings. The van der Waals surface area contributed by atoms with Crippen molar-refractivity contribution in [2.75, 3.05) is 11.1 Å². The highest BCUT2D eigenvalue weighted by atomic mass is 32.2. The van der Waals surface area contributed by atoms with Crippen LogP contribution in [-0.4, -0.2) is 31.4 Å². The first-order valence-corrected chi connectivity index (χ1v) is 10.2. The van der Waals surface area contributed by atoms with Crippen LogP contribution in [0, 0.1) is 6.92 Å². The van der Waals surface area contributed by atoms with Gasteiger partial charge in [0.2, 0.25) is 5.91 Å². The highest BCUT2D eigenvalue weighted by Gasteiger charge is 2.08. The Balaban J connectivity index is 1.31. The Morgan fingerprint density at radius 2 is 1.80 bits per heavy atom. The first-order chi connectivity index (χ1) is 14.7. The number of carbonyl (C=O) groups excluding carboxylic acids is 1. The minimum absolute atomic E-state index is 0.118. The molecule has 0 saturated heterocycles. The van der Waals surface area contributed by atoms with Gasteiger partial charge in [-0.25, -0.2) is 14.6 Å². The third-order valence-electron chi connectivity index (χ3n) is 4.14. The van der Waals surface area contributed by atoms with Crippen LogP contribution in [-0.2, 0) is 4.79 Å². The molecule has 2 aromatic carbocycles. The Morgan fingerprint density at radius 3 is 2.53 bits per heavy atom. The molecule has 2 aromatic heterocycles. The lowest BCUT2D eigenvalue weighted by Crippen LogP contribution is -2.14. The molecular formula is C22H19N5O2S. The molecule has 8 heteroatoms. The molecule has 150 valence electrons. The number of aryl methyl sites for hydroxylation is 1. The first kappa shape index (κ1) is 19.7. The molecule has 1 N–H and O–H groups in total. The summed E-state index contributed by atoms with van der Waals surface area (Å²) in [6.45, 7) is 1.95. The van der Waals surface area contributed by atoms with Crippen LogP contribution in [0.15, 0.2) is 84.3 Å². The number of hydrogen-bond acceptors (Lipinski definition) is 6. The van der Waals surface area contributed by atoms with Gasteiger partial charge in [0.25, 0.3) is 0 Å². The minimum Gasteiger partial charge on any atom is -0.457 e. The van der Waals surface area contributed by atoms with E-state index in [9.17, 15) is 4.79 Å². The molecule has 0 atom stereocenters. The predicted molar refractivity (Wildman–Crippen MR) is 116 cm³/mol. The van der Waals surface area contributed by atoms with Crippen LogP contribution >= 0.6 is 11.8 Å². The van der Waals surface area contributed by atoms with E-state index in [-0.39, 0.29) is 11.7 Å². The number of ether oxygens (including phenoxy) is 1. The van der Waals surface area contributed by atoms with E-state index in [2.05, 4.69) is 20.4 Å². The van der Waals surface area contributed by atoms with Crippen LogP contribution in [0.25, 0.3) is 5.82 Å². The summed E-state index contributed by atoms with van der Waals surface area (Å²) in [6.07, 6.45) is 3.19. The van der Waals surface area contributed by atoms with Crippen molar-refractivity contribution >= 4 is 23.4 Å². The van der Waals surface area contributed by atoms with Gasteiger partial charge >= 0.3 is 0 Å². The number of rotatable bonds is 7. The van der Waals surface area contributed by atoms with E-state index in [0.717, 1.165) is 11.4 Å². The van der Waals surface area contributed by atoms with Crippen LogP contribution in [0.1, 0.15) is 5.69 Å². The molecule has 30 heavy (non-hydrogen) atoms. The van der Waals surface area contributed by atoms with Gasteiger partial charge in [-0.2, -0.15) is 5.10 Å². The average molecular weight is 417 g/mol. The molecule has 2 heterocycles. The Labute approximate surface area is 178 Å². The number of nitrogens with one attached hydrogen (secondary N) is 1. The monoisotopic (exact) mass is 417 g/mol. The molecule has 0 aliphatic carbocycles. The van der Waals surface area contributed by atoms with Crippen molar-refractivity contribution in [3.05, 3.63) is 84.9 Å². The van der Waals surface area contributed by atoms with E-state index >= 15 is 0 Å². The molecule has 0 spiro atoms. The lowest BCUT2D eigenvalue weighted by Gasteiger charge is -2.08. The smallest absolute Gasteiger partial charge is 0.234 e. The fourth-order valence-corrected chi connectivity index (χ4v) is 3.36.